The summed E-state index contributed by atoms with van der Waals surface area (Å²) in [6.07, 6.45) is 34.8. The predicted octanol–water partition coefficient (Wildman–Crippen LogP) is 8.25. The number of unbranched alkanes of at least 4 members (excludes halogenated alkanes) is 20. The van der Waals surface area contributed by atoms with Gasteiger partial charge in [0.2, 0.25) is 0 Å². The van der Waals surface area contributed by atoms with Gasteiger partial charge in [0.25, 0.3) is 0 Å². The first-order valence-electron chi connectivity index (χ1n) is 16.1. The Morgan fingerprint density at radius 1 is 0.265 bits per heavy atom. The van der Waals surface area contributed by atoms with Crippen molar-refractivity contribution in [3.05, 3.63) is 0 Å². The zero-order chi connectivity index (χ0) is 24.3. The highest BCUT2D eigenvalue weighted by Gasteiger charge is 2.25. The minimum absolute atomic E-state index is 0. The zero-order valence-electron chi connectivity index (χ0n) is 24.6. The monoisotopic (exact) mass is 502 g/mol. The topological polar surface area (TPSA) is 0 Å². The van der Waals surface area contributed by atoms with Crippen molar-refractivity contribution < 1.29 is 16.9 Å². The van der Waals surface area contributed by atoms with Gasteiger partial charge >= 0.3 is 0 Å². The second-order valence-electron chi connectivity index (χ2n) is 11.3. The quantitative estimate of drug-likeness (QED) is 0.0747. The molecule has 34 heavy (non-hydrogen) atoms. The normalized spacial score (nSPS) is 11.6. The van der Waals surface area contributed by atoms with E-state index in [-0.39, 0.29) is 12.4 Å². The van der Waals surface area contributed by atoms with Crippen LogP contribution in [0.5, 0.6) is 0 Å². The van der Waals surface area contributed by atoms with E-state index in [2.05, 4.69) is 27.7 Å². The Kier molecular flexibility index (Phi) is 31.6. The minimum Gasteiger partial charge on any atom is -1.00 e. The molecule has 0 aliphatic rings. The summed E-state index contributed by atoms with van der Waals surface area (Å²) in [5.41, 5.74) is 0. The lowest BCUT2D eigenvalue weighted by Crippen LogP contribution is -3.00. The van der Waals surface area contributed by atoms with Crippen LogP contribution in [0.25, 0.3) is 0 Å². The van der Waals surface area contributed by atoms with Crippen molar-refractivity contribution in [2.24, 2.45) is 0 Å². The Morgan fingerprint density at radius 2 is 0.471 bits per heavy atom. The van der Waals surface area contributed by atoms with E-state index in [0.717, 1.165) is 0 Å². The number of rotatable bonds is 28. The van der Waals surface area contributed by atoms with Crippen LogP contribution in [0.2, 0.25) is 0 Å². The fraction of sp³-hybridized carbons (Fsp3) is 1.00. The molecular weight excluding hydrogens is 434 g/mol. The molecule has 0 heterocycles. The SMILES string of the molecule is CCCCCCCCCCCC[N+](CCCC)(CCCCCCCC)CCCCCCCC.[Cl-]. The molecule has 0 atom stereocenters. The van der Waals surface area contributed by atoms with Crippen LogP contribution in [0.3, 0.4) is 0 Å². The lowest BCUT2D eigenvalue weighted by molar-refractivity contribution is -0.929. The predicted molar refractivity (Wildman–Crippen MR) is 153 cm³/mol. The first kappa shape index (κ1) is 36.4. The van der Waals surface area contributed by atoms with Gasteiger partial charge in [0.05, 0.1) is 26.2 Å². The Balaban J connectivity index is 0. The number of halogens is 1. The molecule has 0 unspecified atom stereocenters. The average molecular weight is 502 g/mol. The van der Waals surface area contributed by atoms with E-state index in [1.165, 1.54) is 185 Å². The molecule has 0 spiro atoms. The van der Waals surface area contributed by atoms with Crippen molar-refractivity contribution in [1.29, 1.82) is 0 Å². The van der Waals surface area contributed by atoms with Gasteiger partial charge in [0.1, 0.15) is 0 Å². The van der Waals surface area contributed by atoms with Crippen LogP contribution in [0, 0.1) is 0 Å². The molecule has 0 N–H and O–H groups in total. The Hall–Kier alpha value is 0.250. The summed E-state index contributed by atoms with van der Waals surface area (Å²) in [6.45, 7) is 15.2. The summed E-state index contributed by atoms with van der Waals surface area (Å²) >= 11 is 0. The van der Waals surface area contributed by atoms with Crippen molar-refractivity contribution in [2.75, 3.05) is 26.2 Å². The van der Waals surface area contributed by atoms with E-state index in [4.69, 9.17) is 0 Å². The van der Waals surface area contributed by atoms with E-state index >= 15 is 0 Å². The molecule has 0 aliphatic carbocycles. The maximum atomic E-state index is 2.39. The molecule has 0 fully saturated rings. The molecule has 2 heteroatoms. The molecule has 0 aromatic carbocycles. The molecule has 0 aromatic rings. The lowest BCUT2D eigenvalue weighted by atomic mass is 10.0. The van der Waals surface area contributed by atoms with Gasteiger partial charge in [-0.15, -0.1) is 0 Å². The van der Waals surface area contributed by atoms with Crippen LogP contribution in [-0.2, 0) is 0 Å². The van der Waals surface area contributed by atoms with Crippen molar-refractivity contribution >= 4 is 0 Å². The molecule has 0 saturated heterocycles. The largest absolute Gasteiger partial charge is 1.00 e. The van der Waals surface area contributed by atoms with Crippen LogP contribution < -0.4 is 12.4 Å². The number of nitrogens with zero attached hydrogens (tertiary/aromatic N) is 1. The van der Waals surface area contributed by atoms with Crippen LogP contribution >= 0.6 is 0 Å². The molecule has 208 valence electrons. The third-order valence-electron chi connectivity index (χ3n) is 7.94. The Morgan fingerprint density at radius 3 is 0.735 bits per heavy atom. The van der Waals surface area contributed by atoms with E-state index < -0.39 is 0 Å². The summed E-state index contributed by atoms with van der Waals surface area (Å²) in [5.74, 6) is 0. The van der Waals surface area contributed by atoms with Gasteiger partial charge in [0.15, 0.2) is 0 Å². The Bertz CT molecular complexity index is 341. The van der Waals surface area contributed by atoms with Crippen LogP contribution in [0.1, 0.15) is 182 Å². The number of quaternary nitrogens is 1. The van der Waals surface area contributed by atoms with Crippen LogP contribution in [0.4, 0.5) is 0 Å². The zero-order valence-corrected chi connectivity index (χ0v) is 25.4. The molecule has 0 aliphatic heterocycles. The maximum Gasteiger partial charge on any atom is 0.0786 e. The smallest absolute Gasteiger partial charge is 0.0786 e. The van der Waals surface area contributed by atoms with E-state index in [0.29, 0.717) is 0 Å². The van der Waals surface area contributed by atoms with Crippen LogP contribution in [-0.4, -0.2) is 30.7 Å². The van der Waals surface area contributed by atoms with Gasteiger partial charge in [-0.3, -0.25) is 0 Å². The van der Waals surface area contributed by atoms with Crippen LogP contribution in [0.15, 0.2) is 0 Å². The first-order valence-corrected chi connectivity index (χ1v) is 16.1. The number of hydrogen-bond donors (Lipinski definition) is 0. The lowest BCUT2D eigenvalue weighted by Gasteiger charge is -2.39. The maximum absolute atomic E-state index is 2.39. The van der Waals surface area contributed by atoms with Crippen molar-refractivity contribution in [2.45, 2.75) is 182 Å². The van der Waals surface area contributed by atoms with Crippen molar-refractivity contribution in [3.8, 4) is 0 Å². The van der Waals surface area contributed by atoms with Gasteiger partial charge in [0, 0.05) is 0 Å². The second kappa shape index (κ2) is 29.5. The molecular formula is C32H68ClN. The third-order valence-corrected chi connectivity index (χ3v) is 7.94. The second-order valence-corrected chi connectivity index (χ2v) is 11.3. The highest BCUT2D eigenvalue weighted by molar-refractivity contribution is 4.54. The van der Waals surface area contributed by atoms with Crippen molar-refractivity contribution in [1.82, 2.24) is 0 Å². The van der Waals surface area contributed by atoms with E-state index in [1.54, 1.807) is 0 Å². The summed E-state index contributed by atoms with van der Waals surface area (Å²) in [7, 11) is 0. The molecule has 0 radical (unpaired) electrons. The molecule has 0 saturated carbocycles. The van der Waals surface area contributed by atoms with E-state index in [1.807, 2.05) is 0 Å². The third kappa shape index (κ3) is 24.0. The Labute approximate surface area is 224 Å². The summed E-state index contributed by atoms with van der Waals surface area (Å²) < 4.78 is 1.46. The fourth-order valence-corrected chi connectivity index (χ4v) is 5.55. The summed E-state index contributed by atoms with van der Waals surface area (Å²) in [4.78, 5) is 0. The van der Waals surface area contributed by atoms with Gasteiger partial charge in [-0.25, -0.2) is 0 Å². The van der Waals surface area contributed by atoms with Gasteiger partial charge < -0.3 is 16.9 Å². The van der Waals surface area contributed by atoms with Gasteiger partial charge in [-0.2, -0.15) is 0 Å². The molecule has 0 bridgehead atoms. The highest BCUT2D eigenvalue weighted by atomic mass is 35.5. The van der Waals surface area contributed by atoms with E-state index in [9.17, 15) is 0 Å². The minimum atomic E-state index is 0. The standard InChI is InChI=1S/C32H68N.ClH/c1-5-9-13-16-19-20-21-22-25-28-32-33(29-12-8-4,30-26-23-17-14-10-6-2)31-27-24-18-15-11-7-3;/h5-32H2,1-4H3;1H/q+1;/p-1. The molecule has 0 amide bonds. The summed E-state index contributed by atoms with van der Waals surface area (Å²) in [5, 5.41) is 0. The fourth-order valence-electron chi connectivity index (χ4n) is 5.55. The molecule has 0 rings (SSSR count). The molecule has 1 nitrogen and oxygen atoms in total. The van der Waals surface area contributed by atoms with Gasteiger partial charge in [-0.05, 0) is 44.9 Å². The highest BCUT2D eigenvalue weighted by Crippen LogP contribution is 2.20. The van der Waals surface area contributed by atoms with Gasteiger partial charge in [-0.1, -0.05) is 137 Å². The number of hydrogen-bond acceptors (Lipinski definition) is 0. The van der Waals surface area contributed by atoms with Crippen molar-refractivity contribution in [3.63, 3.8) is 0 Å². The first-order chi connectivity index (χ1) is 16.2. The molecule has 0 aromatic heterocycles. The average Bonchev–Trinajstić information content (AvgIpc) is 2.83. The summed E-state index contributed by atoms with van der Waals surface area (Å²) in [6, 6.07) is 0.